The van der Waals surface area contributed by atoms with Crippen molar-refractivity contribution in [3.05, 3.63) is 58.7 Å². The van der Waals surface area contributed by atoms with E-state index in [9.17, 15) is 0 Å². The molecule has 0 radical (unpaired) electrons. The quantitative estimate of drug-likeness (QED) is 0.388. The van der Waals surface area contributed by atoms with Crippen LogP contribution in [0.2, 0.25) is 0 Å². The molecule has 20 heavy (non-hydrogen) atoms. The first-order valence-electron chi connectivity index (χ1n) is 6.35. The summed E-state index contributed by atoms with van der Waals surface area (Å²) in [7, 11) is 0. The number of rotatable bonds is 3. The molecule has 0 aliphatic rings. The van der Waals surface area contributed by atoms with Crippen LogP contribution in [0.25, 0.3) is 0 Å². The highest BCUT2D eigenvalue weighted by molar-refractivity contribution is 5.99. The second-order valence-corrected chi connectivity index (χ2v) is 4.86. The van der Waals surface area contributed by atoms with E-state index in [1.165, 1.54) is 5.56 Å². The first-order chi connectivity index (χ1) is 9.51. The summed E-state index contributed by atoms with van der Waals surface area (Å²) >= 11 is 0. The van der Waals surface area contributed by atoms with Crippen LogP contribution in [0.4, 0.5) is 0 Å². The van der Waals surface area contributed by atoms with E-state index in [0.717, 1.165) is 16.9 Å². The average molecular weight is 270 g/mol. The van der Waals surface area contributed by atoms with Crippen LogP contribution in [0.15, 0.2) is 41.6 Å². The summed E-state index contributed by atoms with van der Waals surface area (Å²) in [6, 6.07) is 11.5. The lowest BCUT2D eigenvalue weighted by atomic mass is 10.1. The molecule has 2 aromatic rings. The molecule has 0 bridgehead atoms. The topological polar surface area (TPSA) is 67.8 Å². The van der Waals surface area contributed by atoms with Crippen molar-refractivity contribution in [1.82, 2.24) is 0 Å². The number of nitrogens with two attached hydrogens (primary N) is 1. The number of nitrogens with zero attached hydrogens (tertiary/aromatic N) is 1. The van der Waals surface area contributed by atoms with Crippen LogP contribution in [-0.4, -0.2) is 11.0 Å². The Balaban J connectivity index is 2.43. The van der Waals surface area contributed by atoms with Crippen LogP contribution >= 0.6 is 0 Å². The van der Waals surface area contributed by atoms with Crippen molar-refractivity contribution in [2.24, 2.45) is 10.9 Å². The summed E-state index contributed by atoms with van der Waals surface area (Å²) in [6.07, 6.45) is 0. The molecule has 0 aliphatic carbocycles. The van der Waals surface area contributed by atoms with Gasteiger partial charge in [0.2, 0.25) is 0 Å². The fourth-order valence-electron chi connectivity index (χ4n) is 2.02. The summed E-state index contributed by atoms with van der Waals surface area (Å²) in [5.74, 6) is 1.36. The molecule has 0 fully saturated rings. The predicted molar refractivity (Wildman–Crippen MR) is 79.7 cm³/mol. The van der Waals surface area contributed by atoms with E-state index in [4.69, 9.17) is 15.7 Å². The Morgan fingerprint density at radius 3 is 2.20 bits per heavy atom. The average Bonchev–Trinajstić information content (AvgIpc) is 2.42. The highest BCUT2D eigenvalue weighted by atomic mass is 16.5. The Hall–Kier alpha value is -2.49. The second kappa shape index (κ2) is 5.65. The molecule has 2 aromatic carbocycles. The van der Waals surface area contributed by atoms with Crippen molar-refractivity contribution in [3.8, 4) is 11.5 Å². The maximum atomic E-state index is 8.87. The molecule has 4 nitrogen and oxygen atoms in total. The number of hydrogen-bond donors (Lipinski definition) is 2. The SMILES string of the molecule is Cc1ccc(Oc2ccc(C)cc2/C(N)=N/O)c(C)c1. The minimum Gasteiger partial charge on any atom is -0.456 e. The van der Waals surface area contributed by atoms with Crippen molar-refractivity contribution < 1.29 is 9.94 Å². The third-order valence-corrected chi connectivity index (χ3v) is 3.07. The molecule has 0 aromatic heterocycles. The fraction of sp³-hybridized carbons (Fsp3) is 0.188. The largest absolute Gasteiger partial charge is 0.456 e. The van der Waals surface area contributed by atoms with Crippen LogP contribution in [0.3, 0.4) is 0 Å². The third-order valence-electron chi connectivity index (χ3n) is 3.07. The standard InChI is InChI=1S/C16H18N2O2/c1-10-4-6-14(12(3)8-10)20-15-7-5-11(2)9-13(15)16(17)18-19/h4-9,19H,1-3H3,(H2,17,18). The normalized spacial score (nSPS) is 11.4. The first kappa shape index (κ1) is 13.9. The first-order valence-corrected chi connectivity index (χ1v) is 6.35. The van der Waals surface area contributed by atoms with Crippen molar-refractivity contribution >= 4 is 5.84 Å². The van der Waals surface area contributed by atoms with E-state index in [-0.39, 0.29) is 5.84 Å². The Bertz CT molecular complexity index is 664. The van der Waals surface area contributed by atoms with E-state index in [2.05, 4.69) is 5.16 Å². The van der Waals surface area contributed by atoms with Gasteiger partial charge in [-0.05, 0) is 44.5 Å². The number of amidine groups is 1. The Labute approximate surface area is 118 Å². The highest BCUT2D eigenvalue weighted by Crippen LogP contribution is 2.29. The van der Waals surface area contributed by atoms with Crippen molar-refractivity contribution in [2.45, 2.75) is 20.8 Å². The third kappa shape index (κ3) is 2.91. The number of hydrogen-bond acceptors (Lipinski definition) is 3. The molecular weight excluding hydrogens is 252 g/mol. The summed E-state index contributed by atoms with van der Waals surface area (Å²) in [6.45, 7) is 5.96. The molecule has 0 saturated carbocycles. The molecule has 0 atom stereocenters. The van der Waals surface area contributed by atoms with Crippen molar-refractivity contribution in [1.29, 1.82) is 0 Å². The van der Waals surface area contributed by atoms with E-state index >= 15 is 0 Å². The molecule has 2 rings (SSSR count). The zero-order valence-electron chi connectivity index (χ0n) is 11.8. The van der Waals surface area contributed by atoms with Crippen LogP contribution in [0, 0.1) is 20.8 Å². The maximum absolute atomic E-state index is 8.87. The lowest BCUT2D eigenvalue weighted by molar-refractivity contribution is 0.318. The fourth-order valence-corrected chi connectivity index (χ4v) is 2.02. The molecule has 0 aliphatic heterocycles. The number of aryl methyl sites for hydroxylation is 3. The molecule has 4 heteroatoms. The van der Waals surface area contributed by atoms with Gasteiger partial charge in [-0.15, -0.1) is 0 Å². The summed E-state index contributed by atoms with van der Waals surface area (Å²) in [5.41, 5.74) is 9.50. The molecule has 0 spiro atoms. The van der Waals surface area contributed by atoms with E-state index in [0.29, 0.717) is 11.3 Å². The van der Waals surface area contributed by atoms with Gasteiger partial charge in [-0.25, -0.2) is 0 Å². The van der Waals surface area contributed by atoms with Crippen molar-refractivity contribution in [3.63, 3.8) is 0 Å². The summed E-state index contributed by atoms with van der Waals surface area (Å²) in [4.78, 5) is 0. The number of oxime groups is 1. The van der Waals surface area contributed by atoms with E-state index < -0.39 is 0 Å². The number of benzene rings is 2. The summed E-state index contributed by atoms with van der Waals surface area (Å²) in [5, 5.41) is 11.9. The molecule has 0 saturated heterocycles. The van der Waals surface area contributed by atoms with Crippen LogP contribution in [0.5, 0.6) is 11.5 Å². The number of ether oxygens (including phenoxy) is 1. The predicted octanol–water partition coefficient (Wildman–Crippen LogP) is 3.50. The monoisotopic (exact) mass is 270 g/mol. The summed E-state index contributed by atoms with van der Waals surface area (Å²) < 4.78 is 5.90. The Kier molecular flexibility index (Phi) is 3.94. The van der Waals surface area contributed by atoms with Crippen molar-refractivity contribution in [2.75, 3.05) is 0 Å². The zero-order chi connectivity index (χ0) is 14.7. The maximum Gasteiger partial charge on any atom is 0.173 e. The van der Waals surface area contributed by atoms with Crippen LogP contribution in [0.1, 0.15) is 22.3 Å². The lowest BCUT2D eigenvalue weighted by Gasteiger charge is -2.13. The van der Waals surface area contributed by atoms with Gasteiger partial charge in [0, 0.05) is 0 Å². The minimum atomic E-state index is 0.0356. The Morgan fingerprint density at radius 2 is 1.60 bits per heavy atom. The van der Waals surface area contributed by atoms with Gasteiger partial charge in [0.25, 0.3) is 0 Å². The molecule has 0 amide bonds. The second-order valence-electron chi connectivity index (χ2n) is 4.86. The van der Waals surface area contributed by atoms with E-state index in [1.807, 2.05) is 57.2 Å². The minimum absolute atomic E-state index is 0.0356. The van der Waals surface area contributed by atoms with Gasteiger partial charge in [0.15, 0.2) is 5.84 Å². The Morgan fingerprint density at radius 1 is 1.00 bits per heavy atom. The van der Waals surface area contributed by atoms with Gasteiger partial charge in [-0.3, -0.25) is 0 Å². The van der Waals surface area contributed by atoms with Gasteiger partial charge in [0.1, 0.15) is 11.5 Å². The van der Waals surface area contributed by atoms with Gasteiger partial charge < -0.3 is 15.7 Å². The molecule has 0 heterocycles. The molecule has 0 unspecified atom stereocenters. The van der Waals surface area contributed by atoms with Crippen LogP contribution in [-0.2, 0) is 0 Å². The zero-order valence-corrected chi connectivity index (χ0v) is 11.8. The van der Waals surface area contributed by atoms with Gasteiger partial charge in [-0.1, -0.05) is 34.5 Å². The van der Waals surface area contributed by atoms with Crippen LogP contribution < -0.4 is 10.5 Å². The lowest BCUT2D eigenvalue weighted by Crippen LogP contribution is -2.14. The molecule has 104 valence electrons. The molecule has 3 N–H and O–H groups in total. The van der Waals surface area contributed by atoms with E-state index in [1.54, 1.807) is 0 Å². The highest BCUT2D eigenvalue weighted by Gasteiger charge is 2.11. The smallest absolute Gasteiger partial charge is 0.173 e. The van der Waals surface area contributed by atoms with Gasteiger partial charge >= 0.3 is 0 Å². The van der Waals surface area contributed by atoms with Gasteiger partial charge in [-0.2, -0.15) is 0 Å². The van der Waals surface area contributed by atoms with Gasteiger partial charge in [0.05, 0.1) is 5.56 Å². The molecular formula is C16H18N2O2.